The van der Waals surface area contributed by atoms with Crippen LogP contribution < -0.4 is 5.32 Å². The molecule has 0 aromatic heterocycles. The van der Waals surface area contributed by atoms with Crippen molar-refractivity contribution >= 4 is 5.96 Å². The Bertz CT molecular complexity index is 601. The Kier molecular flexibility index (Phi) is 5.75. The minimum Gasteiger partial charge on any atom is -0.375 e. The van der Waals surface area contributed by atoms with Crippen molar-refractivity contribution in [1.82, 2.24) is 10.2 Å². The van der Waals surface area contributed by atoms with Crippen LogP contribution >= 0.6 is 0 Å². The molecule has 4 atom stereocenters. The van der Waals surface area contributed by atoms with Crippen molar-refractivity contribution in [2.45, 2.75) is 44.3 Å². The third-order valence-corrected chi connectivity index (χ3v) is 5.73. The third-order valence-electron chi connectivity index (χ3n) is 5.73. The number of hydrogen-bond donors (Lipinski definition) is 1. The first-order valence-corrected chi connectivity index (χ1v) is 10.2. The molecule has 0 amide bonds. The molecule has 1 aromatic rings. The van der Waals surface area contributed by atoms with Crippen LogP contribution in [0.2, 0.25) is 0 Å². The number of aliphatic imine (C=N–C) groups is 1. The van der Waals surface area contributed by atoms with E-state index in [2.05, 4.69) is 47.5 Å². The summed E-state index contributed by atoms with van der Waals surface area (Å²) in [5.74, 6) is 2.41. The number of rotatable bonds is 5. The summed E-state index contributed by atoms with van der Waals surface area (Å²) in [6, 6.07) is 10.8. The summed E-state index contributed by atoms with van der Waals surface area (Å²) >= 11 is 0. The van der Waals surface area contributed by atoms with Gasteiger partial charge in [0, 0.05) is 32.8 Å². The maximum atomic E-state index is 5.98. The number of nitrogens with zero attached hydrogens (tertiary/aromatic N) is 2. The summed E-state index contributed by atoms with van der Waals surface area (Å²) in [5.41, 5.74) is 1.46. The zero-order valence-corrected chi connectivity index (χ0v) is 15.8. The van der Waals surface area contributed by atoms with Crippen LogP contribution in [0.5, 0.6) is 0 Å². The van der Waals surface area contributed by atoms with Crippen molar-refractivity contribution in [1.29, 1.82) is 0 Å². The van der Waals surface area contributed by atoms with Gasteiger partial charge < -0.3 is 19.7 Å². The number of ether oxygens (including phenoxy) is 2. The zero-order valence-electron chi connectivity index (χ0n) is 15.8. The normalized spacial score (nSPS) is 31.9. The molecule has 0 radical (unpaired) electrons. The standard InChI is InChI=1S/C21H31N3O2/c1-2-22-21(23-14-17-13-18(17)16-7-4-3-5-8-16)24-10-12-26-20(15-24)19-9-6-11-25-19/h3-5,7-8,17-20H,2,6,9-15H2,1H3,(H,22,23). The topological polar surface area (TPSA) is 46.1 Å². The average molecular weight is 357 g/mol. The SMILES string of the molecule is CCNC(=NCC1CC1c1ccccc1)N1CCOC(C2CCCO2)C1. The molecule has 5 heteroatoms. The van der Waals surface area contributed by atoms with Gasteiger partial charge in [0.2, 0.25) is 0 Å². The molecule has 2 saturated heterocycles. The summed E-state index contributed by atoms with van der Waals surface area (Å²) in [7, 11) is 0. The van der Waals surface area contributed by atoms with E-state index in [4.69, 9.17) is 14.5 Å². The van der Waals surface area contributed by atoms with Crippen molar-refractivity contribution in [2.24, 2.45) is 10.9 Å². The van der Waals surface area contributed by atoms with Crippen LogP contribution in [0.3, 0.4) is 0 Å². The monoisotopic (exact) mass is 357 g/mol. The van der Waals surface area contributed by atoms with E-state index in [1.165, 1.54) is 12.0 Å². The van der Waals surface area contributed by atoms with Crippen LogP contribution in [0.25, 0.3) is 0 Å². The van der Waals surface area contributed by atoms with Gasteiger partial charge in [-0.1, -0.05) is 30.3 Å². The highest BCUT2D eigenvalue weighted by Gasteiger charge is 2.38. The molecule has 2 aliphatic heterocycles. The van der Waals surface area contributed by atoms with Gasteiger partial charge in [0.15, 0.2) is 5.96 Å². The molecule has 1 aliphatic carbocycles. The highest BCUT2D eigenvalue weighted by atomic mass is 16.5. The molecule has 1 aromatic carbocycles. The lowest BCUT2D eigenvalue weighted by Gasteiger charge is -2.37. The van der Waals surface area contributed by atoms with Gasteiger partial charge in [0.1, 0.15) is 6.10 Å². The number of guanidine groups is 1. The summed E-state index contributed by atoms with van der Waals surface area (Å²) in [4.78, 5) is 7.33. The Balaban J connectivity index is 1.35. The summed E-state index contributed by atoms with van der Waals surface area (Å²) in [6.07, 6.45) is 3.96. The Morgan fingerprint density at radius 1 is 1.19 bits per heavy atom. The smallest absolute Gasteiger partial charge is 0.194 e. The van der Waals surface area contributed by atoms with E-state index in [9.17, 15) is 0 Å². The lowest BCUT2D eigenvalue weighted by Crippen LogP contribution is -2.53. The molecule has 3 aliphatic rings. The number of morpholine rings is 1. The predicted molar refractivity (Wildman–Crippen MR) is 104 cm³/mol. The Morgan fingerprint density at radius 3 is 2.81 bits per heavy atom. The molecule has 0 bridgehead atoms. The molecule has 5 nitrogen and oxygen atoms in total. The van der Waals surface area contributed by atoms with E-state index in [1.54, 1.807) is 0 Å². The van der Waals surface area contributed by atoms with Gasteiger partial charge in [0.05, 0.1) is 12.7 Å². The van der Waals surface area contributed by atoms with Gasteiger partial charge in [-0.15, -0.1) is 0 Å². The minimum atomic E-state index is 0.174. The van der Waals surface area contributed by atoms with Crippen LogP contribution in [-0.4, -0.2) is 62.5 Å². The van der Waals surface area contributed by atoms with E-state index >= 15 is 0 Å². The molecule has 4 rings (SSSR count). The third kappa shape index (κ3) is 4.21. The molecule has 142 valence electrons. The maximum Gasteiger partial charge on any atom is 0.194 e. The molecular formula is C21H31N3O2. The van der Waals surface area contributed by atoms with Gasteiger partial charge in [-0.3, -0.25) is 4.99 Å². The highest BCUT2D eigenvalue weighted by Crippen LogP contribution is 2.47. The van der Waals surface area contributed by atoms with Crippen molar-refractivity contribution in [3.05, 3.63) is 35.9 Å². The first kappa shape index (κ1) is 17.8. The van der Waals surface area contributed by atoms with Crippen LogP contribution in [0, 0.1) is 5.92 Å². The summed E-state index contributed by atoms with van der Waals surface area (Å²) in [6.45, 7) is 7.35. The van der Waals surface area contributed by atoms with Gasteiger partial charge in [-0.25, -0.2) is 0 Å². The zero-order chi connectivity index (χ0) is 17.8. The van der Waals surface area contributed by atoms with Crippen molar-refractivity contribution in [3.63, 3.8) is 0 Å². The molecule has 1 N–H and O–H groups in total. The fourth-order valence-corrected chi connectivity index (χ4v) is 4.18. The largest absolute Gasteiger partial charge is 0.375 e. The van der Waals surface area contributed by atoms with Gasteiger partial charge in [-0.05, 0) is 43.6 Å². The summed E-state index contributed by atoms with van der Waals surface area (Å²) < 4.78 is 11.8. The highest BCUT2D eigenvalue weighted by molar-refractivity contribution is 5.80. The fraction of sp³-hybridized carbons (Fsp3) is 0.667. The second-order valence-corrected chi connectivity index (χ2v) is 7.61. The van der Waals surface area contributed by atoms with Gasteiger partial charge in [0.25, 0.3) is 0 Å². The molecule has 26 heavy (non-hydrogen) atoms. The van der Waals surface area contributed by atoms with Crippen molar-refractivity contribution in [3.8, 4) is 0 Å². The van der Waals surface area contributed by atoms with Crippen LogP contribution in [0.15, 0.2) is 35.3 Å². The van der Waals surface area contributed by atoms with E-state index in [-0.39, 0.29) is 12.2 Å². The van der Waals surface area contributed by atoms with Crippen molar-refractivity contribution < 1.29 is 9.47 Å². The Hall–Kier alpha value is -1.59. The van der Waals surface area contributed by atoms with Crippen LogP contribution in [0.4, 0.5) is 0 Å². The molecular weight excluding hydrogens is 326 g/mol. The molecule has 3 fully saturated rings. The first-order chi connectivity index (χ1) is 12.8. The average Bonchev–Trinajstić information content (AvgIpc) is 3.26. The number of benzene rings is 1. The Morgan fingerprint density at radius 2 is 2.04 bits per heavy atom. The number of nitrogens with one attached hydrogen (secondary N) is 1. The lowest BCUT2D eigenvalue weighted by molar-refractivity contribution is -0.0817. The second kappa shape index (κ2) is 8.40. The second-order valence-electron chi connectivity index (χ2n) is 7.61. The number of hydrogen-bond acceptors (Lipinski definition) is 3. The summed E-state index contributed by atoms with van der Waals surface area (Å²) in [5, 5.41) is 3.48. The fourth-order valence-electron chi connectivity index (χ4n) is 4.18. The predicted octanol–water partition coefficient (Wildman–Crippen LogP) is 2.64. The van der Waals surface area contributed by atoms with E-state index in [0.717, 1.165) is 58.2 Å². The lowest BCUT2D eigenvalue weighted by atomic mass is 10.1. The van der Waals surface area contributed by atoms with E-state index in [0.29, 0.717) is 11.8 Å². The maximum absolute atomic E-state index is 5.98. The molecule has 2 heterocycles. The molecule has 1 saturated carbocycles. The quantitative estimate of drug-likeness (QED) is 0.650. The van der Waals surface area contributed by atoms with Crippen LogP contribution in [0.1, 0.15) is 37.7 Å². The van der Waals surface area contributed by atoms with Gasteiger partial charge in [-0.2, -0.15) is 0 Å². The van der Waals surface area contributed by atoms with Crippen molar-refractivity contribution in [2.75, 3.05) is 39.4 Å². The first-order valence-electron chi connectivity index (χ1n) is 10.2. The van der Waals surface area contributed by atoms with E-state index < -0.39 is 0 Å². The van der Waals surface area contributed by atoms with E-state index in [1.807, 2.05) is 0 Å². The molecule has 0 spiro atoms. The minimum absolute atomic E-state index is 0.174. The van der Waals surface area contributed by atoms with Gasteiger partial charge >= 0.3 is 0 Å². The molecule has 4 unspecified atom stereocenters. The van der Waals surface area contributed by atoms with Crippen LogP contribution in [-0.2, 0) is 9.47 Å². The Labute approximate surface area is 156 Å².